The summed E-state index contributed by atoms with van der Waals surface area (Å²) in [4.78, 5) is 16.7. The Morgan fingerprint density at radius 2 is 1.69 bits per heavy atom. The van der Waals surface area contributed by atoms with Crippen molar-refractivity contribution in [2.24, 2.45) is 0 Å². The van der Waals surface area contributed by atoms with E-state index in [0.29, 0.717) is 31.2 Å². The lowest BCUT2D eigenvalue weighted by Gasteiger charge is -2.36. The number of hydrogen-bond acceptors (Lipinski definition) is 4. The van der Waals surface area contributed by atoms with Crippen molar-refractivity contribution < 1.29 is 18.0 Å². The van der Waals surface area contributed by atoms with Crippen LogP contribution in [0.4, 0.5) is 18.9 Å². The molecule has 0 aliphatic carbocycles. The first-order valence-corrected chi connectivity index (χ1v) is 10.1. The molecule has 2 heterocycles. The highest BCUT2D eigenvalue weighted by Crippen LogP contribution is 2.30. The van der Waals surface area contributed by atoms with E-state index in [0.717, 1.165) is 16.4 Å². The molecule has 10 heteroatoms. The first-order chi connectivity index (χ1) is 15.3. The van der Waals surface area contributed by atoms with E-state index >= 15 is 0 Å². The molecule has 2 aromatic carbocycles. The summed E-state index contributed by atoms with van der Waals surface area (Å²) in [5.74, 6) is -0.555. The summed E-state index contributed by atoms with van der Waals surface area (Å²) in [5.41, 5.74) is 0.00673. The van der Waals surface area contributed by atoms with Gasteiger partial charge >= 0.3 is 6.18 Å². The Balaban J connectivity index is 1.61. The number of carbonyl (C=O) groups is 1. The minimum atomic E-state index is -4.71. The van der Waals surface area contributed by atoms with Gasteiger partial charge in [0, 0.05) is 43.0 Å². The van der Waals surface area contributed by atoms with Crippen LogP contribution >= 0.6 is 11.6 Å². The number of carbonyl (C=O) groups excluding carboxylic acids is 1. The lowest BCUT2D eigenvalue weighted by Crippen LogP contribution is -2.49. The third-order valence-corrected chi connectivity index (χ3v) is 5.41. The molecule has 6 nitrogen and oxygen atoms in total. The van der Waals surface area contributed by atoms with Crippen molar-refractivity contribution in [2.75, 3.05) is 31.1 Å². The number of nitrogens with zero attached hydrogens (tertiary/aromatic N) is 5. The summed E-state index contributed by atoms with van der Waals surface area (Å²) in [6.07, 6.45) is -4.71. The average Bonchev–Trinajstić information content (AvgIpc) is 3.25. The van der Waals surface area contributed by atoms with Gasteiger partial charge in [0.05, 0.1) is 17.3 Å². The number of aromatic nitrogens is 2. The normalized spacial score (nSPS) is 14.3. The van der Waals surface area contributed by atoms with Crippen molar-refractivity contribution in [2.45, 2.75) is 6.18 Å². The Hall–Kier alpha value is -3.51. The zero-order valence-corrected chi connectivity index (χ0v) is 17.4. The van der Waals surface area contributed by atoms with Crippen molar-refractivity contribution >= 4 is 23.2 Å². The lowest BCUT2D eigenvalue weighted by molar-refractivity contribution is -0.141. The van der Waals surface area contributed by atoms with Crippen LogP contribution in [0, 0.1) is 11.3 Å². The summed E-state index contributed by atoms with van der Waals surface area (Å²) >= 11 is 6.05. The smallest absolute Gasteiger partial charge is 0.368 e. The van der Waals surface area contributed by atoms with E-state index in [1.54, 1.807) is 6.07 Å². The van der Waals surface area contributed by atoms with Crippen molar-refractivity contribution in [1.82, 2.24) is 14.7 Å². The summed E-state index contributed by atoms with van der Waals surface area (Å²) in [5, 5.41) is 13.3. The van der Waals surface area contributed by atoms with Gasteiger partial charge in [0.2, 0.25) is 0 Å². The quantitative estimate of drug-likeness (QED) is 0.583. The fourth-order valence-corrected chi connectivity index (χ4v) is 3.76. The highest BCUT2D eigenvalue weighted by Gasteiger charge is 2.37. The molecule has 1 fully saturated rings. The maximum Gasteiger partial charge on any atom is 0.435 e. The lowest BCUT2D eigenvalue weighted by atomic mass is 10.2. The molecule has 1 aliphatic heterocycles. The molecule has 1 aliphatic rings. The van der Waals surface area contributed by atoms with E-state index < -0.39 is 17.8 Å². The molecule has 0 atom stereocenters. The minimum absolute atomic E-state index is 0.205. The van der Waals surface area contributed by atoms with Gasteiger partial charge in [-0.05, 0) is 36.4 Å². The Morgan fingerprint density at radius 3 is 2.34 bits per heavy atom. The van der Waals surface area contributed by atoms with Gasteiger partial charge in [0.25, 0.3) is 5.91 Å². The number of halogens is 4. The van der Waals surface area contributed by atoms with Crippen LogP contribution in [0.2, 0.25) is 5.02 Å². The van der Waals surface area contributed by atoms with E-state index in [2.05, 4.69) is 10.00 Å². The first-order valence-electron chi connectivity index (χ1n) is 9.74. The molecule has 1 amide bonds. The van der Waals surface area contributed by atoms with Crippen LogP contribution in [-0.2, 0) is 6.18 Å². The second kappa shape index (κ2) is 8.55. The van der Waals surface area contributed by atoms with Gasteiger partial charge in [0.1, 0.15) is 5.69 Å². The van der Waals surface area contributed by atoms with Crippen LogP contribution in [-0.4, -0.2) is 46.8 Å². The molecule has 4 rings (SSSR count). The molecule has 1 aromatic heterocycles. The Bertz CT molecular complexity index is 1190. The second-order valence-corrected chi connectivity index (χ2v) is 7.68. The van der Waals surface area contributed by atoms with Gasteiger partial charge in [0.15, 0.2) is 5.69 Å². The molecule has 1 saturated heterocycles. The topological polar surface area (TPSA) is 65.2 Å². The van der Waals surface area contributed by atoms with Crippen LogP contribution in [0.5, 0.6) is 0 Å². The number of piperazine rings is 1. The number of hydrogen-bond donors (Lipinski definition) is 0. The third-order valence-electron chi connectivity index (χ3n) is 5.18. The van der Waals surface area contributed by atoms with Crippen molar-refractivity contribution in [3.63, 3.8) is 0 Å². The Labute approximate surface area is 187 Å². The standard InChI is InChI=1S/C22H17ClF3N5O/c23-16-4-2-5-17(12-16)29-7-9-30(10-8-29)21(32)19-13-20(22(24,25)26)28-31(19)18-6-1-3-15(11-18)14-27/h1-6,11-13H,7-10H2. The highest BCUT2D eigenvalue weighted by molar-refractivity contribution is 6.30. The van der Waals surface area contributed by atoms with Crippen LogP contribution in [0.25, 0.3) is 5.69 Å². The molecule has 0 radical (unpaired) electrons. The van der Waals surface area contributed by atoms with Gasteiger partial charge in [-0.25, -0.2) is 4.68 Å². The third kappa shape index (κ3) is 4.41. The van der Waals surface area contributed by atoms with Crippen LogP contribution in [0.1, 0.15) is 21.7 Å². The maximum atomic E-state index is 13.3. The fraction of sp³-hybridized carbons (Fsp3) is 0.227. The molecule has 0 unspecified atom stereocenters. The molecular weight excluding hydrogens is 443 g/mol. The second-order valence-electron chi connectivity index (χ2n) is 7.25. The molecule has 0 saturated carbocycles. The van der Waals surface area contributed by atoms with E-state index in [9.17, 15) is 18.0 Å². The molecule has 3 aromatic rings. The predicted octanol–water partition coefficient (Wildman–Crippen LogP) is 4.38. The number of benzene rings is 2. The number of amides is 1. The Morgan fingerprint density at radius 1 is 1.00 bits per heavy atom. The van der Waals surface area contributed by atoms with Crippen LogP contribution in [0.3, 0.4) is 0 Å². The zero-order valence-electron chi connectivity index (χ0n) is 16.7. The predicted molar refractivity (Wildman–Crippen MR) is 113 cm³/mol. The molecule has 0 N–H and O–H groups in total. The van der Waals surface area contributed by atoms with Gasteiger partial charge < -0.3 is 9.80 Å². The summed E-state index contributed by atoms with van der Waals surface area (Å²) in [6.45, 7) is 1.68. The number of rotatable bonds is 3. The van der Waals surface area contributed by atoms with Gasteiger partial charge in [-0.1, -0.05) is 23.7 Å². The molecule has 164 valence electrons. The molecule has 0 spiro atoms. The van der Waals surface area contributed by atoms with Crippen LogP contribution < -0.4 is 4.90 Å². The van der Waals surface area contributed by atoms with Gasteiger partial charge in [-0.15, -0.1) is 0 Å². The fourth-order valence-electron chi connectivity index (χ4n) is 3.58. The number of anilines is 1. The molecule has 32 heavy (non-hydrogen) atoms. The SMILES string of the molecule is N#Cc1cccc(-n2nc(C(F)(F)F)cc2C(=O)N2CCN(c3cccc(Cl)c3)CC2)c1. The van der Waals surface area contributed by atoms with Crippen molar-refractivity contribution in [3.05, 3.63) is 76.6 Å². The van der Waals surface area contributed by atoms with E-state index in [1.165, 1.54) is 29.2 Å². The first kappa shape index (κ1) is 21.7. The average molecular weight is 460 g/mol. The monoisotopic (exact) mass is 459 g/mol. The summed E-state index contributed by atoms with van der Waals surface area (Å²) in [7, 11) is 0. The highest BCUT2D eigenvalue weighted by atomic mass is 35.5. The zero-order chi connectivity index (χ0) is 22.9. The van der Waals surface area contributed by atoms with Gasteiger partial charge in [-0.3, -0.25) is 4.79 Å². The number of alkyl halides is 3. The van der Waals surface area contributed by atoms with E-state index in [4.69, 9.17) is 16.9 Å². The van der Waals surface area contributed by atoms with E-state index in [1.807, 2.05) is 24.3 Å². The van der Waals surface area contributed by atoms with Crippen LogP contribution in [0.15, 0.2) is 54.6 Å². The van der Waals surface area contributed by atoms with Gasteiger partial charge in [-0.2, -0.15) is 23.5 Å². The van der Waals surface area contributed by atoms with Crippen molar-refractivity contribution in [3.8, 4) is 11.8 Å². The van der Waals surface area contributed by atoms with E-state index in [-0.39, 0.29) is 16.9 Å². The van der Waals surface area contributed by atoms with Crippen molar-refractivity contribution in [1.29, 1.82) is 5.26 Å². The summed E-state index contributed by atoms with van der Waals surface area (Å²) in [6, 6.07) is 16.0. The number of nitriles is 1. The maximum absolute atomic E-state index is 13.3. The minimum Gasteiger partial charge on any atom is -0.368 e. The molecular formula is C22H17ClF3N5O. The summed E-state index contributed by atoms with van der Waals surface area (Å²) < 4.78 is 41.0. The largest absolute Gasteiger partial charge is 0.435 e. The Kier molecular flexibility index (Phi) is 5.80. The molecule has 0 bridgehead atoms.